The molecule has 0 aliphatic rings. The Morgan fingerprint density at radius 3 is 2.60 bits per heavy atom. The maximum atomic E-state index is 7.71. The highest BCUT2D eigenvalue weighted by molar-refractivity contribution is 5.12. The van der Waals surface area contributed by atoms with Crippen LogP contribution in [0.15, 0.2) is 18.2 Å². The van der Waals surface area contributed by atoms with Gasteiger partial charge >= 0.3 is 0 Å². The molecule has 0 bridgehead atoms. The first kappa shape index (κ1) is 5.90. The van der Waals surface area contributed by atoms with Crippen molar-refractivity contribution >= 4 is 0 Å². The number of nitrogens with zero attached hydrogens (tertiary/aromatic N) is 1. The monoisotopic (exact) mass is 136 g/mol. The van der Waals surface area contributed by atoms with E-state index >= 15 is 0 Å². The van der Waals surface area contributed by atoms with E-state index in [2.05, 4.69) is 4.98 Å². The molecule has 0 saturated carbocycles. The molecule has 0 amide bonds. The van der Waals surface area contributed by atoms with Crippen LogP contribution in [0.2, 0.25) is 0 Å². The van der Waals surface area contributed by atoms with E-state index in [0.29, 0.717) is 0 Å². The first-order chi connectivity index (χ1) is 5.00. The molecule has 0 unspecified atom stereocenters. The lowest BCUT2D eigenvalue weighted by Crippen LogP contribution is -1.92. The fourth-order valence-electron chi connectivity index (χ4n) is 0.822. The Labute approximate surface area is 63.5 Å². The van der Waals surface area contributed by atoms with E-state index in [9.17, 15) is 0 Å². The largest absolute Gasteiger partial charge is 0.258 e. The fraction of sp³-hybridized carbons (Fsp3) is 0.444. The number of aromatic nitrogens is 1. The molecule has 0 aliphatic heterocycles. The lowest BCUT2D eigenvalue weighted by molar-refractivity contribution is 0.815. The topological polar surface area (TPSA) is 12.9 Å². The van der Waals surface area contributed by atoms with Crippen LogP contribution in [0, 0.1) is 6.92 Å². The van der Waals surface area contributed by atoms with Crippen LogP contribution in [0.4, 0.5) is 0 Å². The predicted molar refractivity (Wildman–Crippen MR) is 43.1 cm³/mol. The summed E-state index contributed by atoms with van der Waals surface area (Å²) in [7, 11) is 0. The Balaban J connectivity index is 3.06. The van der Waals surface area contributed by atoms with Crippen molar-refractivity contribution in [2.24, 2.45) is 0 Å². The molecule has 0 saturated heterocycles. The molecule has 0 aromatic carbocycles. The highest BCUT2D eigenvalue weighted by atomic mass is 14.7. The second kappa shape index (κ2) is 2.82. The highest BCUT2D eigenvalue weighted by Gasteiger charge is 1.97. The molecule has 1 heterocycles. The lowest BCUT2D eigenvalue weighted by atomic mass is 10.1. The van der Waals surface area contributed by atoms with Crippen LogP contribution in [0.3, 0.4) is 0 Å². The van der Waals surface area contributed by atoms with Crippen molar-refractivity contribution in [3.8, 4) is 0 Å². The molecule has 1 rings (SSSR count). The summed E-state index contributed by atoms with van der Waals surface area (Å²) in [6.45, 7) is 5.62. The third-order valence-corrected chi connectivity index (χ3v) is 1.40. The van der Waals surface area contributed by atoms with Gasteiger partial charge in [0.2, 0.25) is 0 Å². The number of hydrogen-bond acceptors (Lipinski definition) is 1. The number of aryl methyl sites for hydroxylation is 1. The van der Waals surface area contributed by atoms with Gasteiger partial charge in [-0.15, -0.1) is 0 Å². The molecule has 0 spiro atoms. The van der Waals surface area contributed by atoms with Gasteiger partial charge in [0.25, 0.3) is 0 Å². The Kier molecular flexibility index (Phi) is 1.67. The smallest absolute Gasteiger partial charge is 0.0432 e. The van der Waals surface area contributed by atoms with Crippen LogP contribution in [-0.2, 0) is 0 Å². The zero-order chi connectivity index (χ0) is 8.48. The standard InChI is InChI=1S/C9H13N/c1-7(2)9-6-4-5-8(3)10-9/h4-7H,1-3H3/i7D. The van der Waals surface area contributed by atoms with E-state index in [0.717, 1.165) is 11.4 Å². The summed E-state index contributed by atoms with van der Waals surface area (Å²) in [5.41, 5.74) is 1.81. The molecule has 0 fully saturated rings. The number of hydrogen-bond donors (Lipinski definition) is 0. The first-order valence-corrected chi connectivity index (χ1v) is 3.44. The van der Waals surface area contributed by atoms with Gasteiger partial charge < -0.3 is 0 Å². The average Bonchev–Trinajstić information content (AvgIpc) is 1.86. The summed E-state index contributed by atoms with van der Waals surface area (Å²) >= 11 is 0. The predicted octanol–water partition coefficient (Wildman–Crippen LogP) is 2.51. The van der Waals surface area contributed by atoms with E-state index in [1.807, 2.05) is 39.0 Å². The summed E-state index contributed by atoms with van der Waals surface area (Å²) in [6, 6.07) is 5.77. The molecule has 1 nitrogen and oxygen atoms in total. The molecular weight excluding hydrogens is 122 g/mol. The first-order valence-electron chi connectivity index (χ1n) is 3.94. The van der Waals surface area contributed by atoms with E-state index in [1.54, 1.807) is 0 Å². The maximum absolute atomic E-state index is 7.71. The van der Waals surface area contributed by atoms with Gasteiger partial charge in [0.1, 0.15) is 0 Å². The highest BCUT2D eigenvalue weighted by Crippen LogP contribution is 2.10. The molecule has 54 valence electrons. The van der Waals surface area contributed by atoms with Crippen LogP contribution in [-0.4, -0.2) is 4.98 Å². The normalized spacial score (nSPS) is 12.9. The minimum absolute atomic E-state index is 0.577. The minimum atomic E-state index is -0.577. The van der Waals surface area contributed by atoms with E-state index in [4.69, 9.17) is 1.37 Å². The average molecular weight is 136 g/mol. The van der Waals surface area contributed by atoms with Gasteiger partial charge in [-0.1, -0.05) is 19.9 Å². The second-order valence-electron chi connectivity index (χ2n) is 2.66. The molecule has 0 aliphatic carbocycles. The van der Waals surface area contributed by atoms with Crippen LogP contribution < -0.4 is 0 Å². The summed E-state index contributed by atoms with van der Waals surface area (Å²) in [6.07, 6.45) is 0. The van der Waals surface area contributed by atoms with Gasteiger partial charge in [-0.2, -0.15) is 0 Å². The summed E-state index contributed by atoms with van der Waals surface area (Å²) in [4.78, 5) is 4.26. The molecule has 1 aromatic rings. The van der Waals surface area contributed by atoms with Crippen LogP contribution >= 0.6 is 0 Å². The van der Waals surface area contributed by atoms with Gasteiger partial charge in [-0.3, -0.25) is 4.98 Å². The van der Waals surface area contributed by atoms with Gasteiger partial charge in [-0.25, -0.2) is 0 Å². The van der Waals surface area contributed by atoms with Crippen molar-refractivity contribution < 1.29 is 1.37 Å². The summed E-state index contributed by atoms with van der Waals surface area (Å²) < 4.78 is 7.71. The van der Waals surface area contributed by atoms with Crippen molar-refractivity contribution in [3.05, 3.63) is 29.6 Å². The van der Waals surface area contributed by atoms with E-state index in [-0.39, 0.29) is 0 Å². The van der Waals surface area contributed by atoms with Gasteiger partial charge in [0.15, 0.2) is 0 Å². The molecule has 0 N–H and O–H groups in total. The van der Waals surface area contributed by atoms with Gasteiger partial charge in [0, 0.05) is 12.8 Å². The Morgan fingerprint density at radius 1 is 1.50 bits per heavy atom. The molecule has 0 atom stereocenters. The zero-order valence-electron chi connectivity index (χ0n) is 7.68. The molecule has 1 heteroatoms. The third-order valence-electron chi connectivity index (χ3n) is 1.40. The quantitative estimate of drug-likeness (QED) is 0.578. The minimum Gasteiger partial charge on any atom is -0.258 e. The molecular formula is C9H13N. The van der Waals surface area contributed by atoms with E-state index < -0.39 is 5.89 Å². The zero-order valence-corrected chi connectivity index (χ0v) is 6.68. The Bertz CT molecular complexity index is 250. The summed E-state index contributed by atoms with van der Waals surface area (Å²) in [5, 5.41) is 0. The maximum Gasteiger partial charge on any atom is 0.0432 e. The van der Waals surface area contributed by atoms with Gasteiger partial charge in [-0.05, 0) is 25.0 Å². The molecule has 0 radical (unpaired) electrons. The van der Waals surface area contributed by atoms with Crippen molar-refractivity contribution in [2.45, 2.75) is 26.7 Å². The van der Waals surface area contributed by atoms with E-state index in [1.165, 1.54) is 0 Å². The van der Waals surface area contributed by atoms with Crippen molar-refractivity contribution in [1.82, 2.24) is 4.98 Å². The Morgan fingerprint density at radius 2 is 2.20 bits per heavy atom. The summed E-state index contributed by atoms with van der Waals surface area (Å²) in [5.74, 6) is -0.577. The molecule has 10 heavy (non-hydrogen) atoms. The number of pyridine rings is 1. The fourth-order valence-corrected chi connectivity index (χ4v) is 0.822. The number of rotatable bonds is 1. The van der Waals surface area contributed by atoms with Crippen molar-refractivity contribution in [2.75, 3.05) is 0 Å². The van der Waals surface area contributed by atoms with Crippen LogP contribution in [0.1, 0.15) is 32.5 Å². The SMILES string of the molecule is [2H]C(C)(C)c1cccc(C)n1. The van der Waals surface area contributed by atoms with Crippen LogP contribution in [0.5, 0.6) is 0 Å². The van der Waals surface area contributed by atoms with Gasteiger partial charge in [0.05, 0.1) is 0 Å². The second-order valence-corrected chi connectivity index (χ2v) is 2.66. The van der Waals surface area contributed by atoms with Crippen molar-refractivity contribution in [1.29, 1.82) is 0 Å². The lowest BCUT2D eigenvalue weighted by Gasteiger charge is -2.03. The third kappa shape index (κ3) is 1.56. The Hall–Kier alpha value is -0.850. The van der Waals surface area contributed by atoms with Crippen LogP contribution in [0.25, 0.3) is 0 Å². The molecule has 1 aromatic heterocycles. The van der Waals surface area contributed by atoms with Crippen molar-refractivity contribution in [3.63, 3.8) is 0 Å².